The highest BCUT2D eigenvalue weighted by molar-refractivity contribution is 5.71. The minimum atomic E-state index is -0.777. The van der Waals surface area contributed by atoms with Crippen LogP contribution in [0.5, 0.6) is 0 Å². The third-order valence-corrected chi connectivity index (χ3v) is 12.9. The molecule has 0 fully saturated rings. The molecule has 66 heavy (non-hydrogen) atoms. The minimum Gasteiger partial charge on any atom is -0.462 e. The van der Waals surface area contributed by atoms with Crippen molar-refractivity contribution in [2.24, 2.45) is 0 Å². The molecule has 0 rings (SSSR count). The van der Waals surface area contributed by atoms with Gasteiger partial charge in [0.15, 0.2) is 6.10 Å². The second kappa shape index (κ2) is 55.2. The molecule has 0 aromatic carbocycles. The van der Waals surface area contributed by atoms with Crippen molar-refractivity contribution in [3.63, 3.8) is 0 Å². The molecule has 0 radical (unpaired) electrons. The van der Waals surface area contributed by atoms with Crippen molar-refractivity contribution in [1.82, 2.24) is 0 Å². The lowest BCUT2D eigenvalue weighted by atomic mass is 10.0. The summed E-state index contributed by atoms with van der Waals surface area (Å²) in [5.74, 6) is -0.872. The first kappa shape index (κ1) is 63.6. The maximum absolute atomic E-state index is 12.8. The standard InChI is InChI=1S/C60H110O6/c1-4-7-10-13-16-19-22-25-28-29-30-31-33-35-38-41-44-47-50-53-59(62)65-56-57(55-64-58(61)52-49-46-43-40-37-34-27-24-21-18-15-12-9-6-3)66-60(63)54-51-48-45-42-39-36-32-26-23-20-17-14-11-8-5-2/h8,11,17,20,26,32,57H,4-7,9-10,12-16,18-19,21-25,27-31,33-56H2,1-3H3/b11-8-,20-17-,32-26-. The summed E-state index contributed by atoms with van der Waals surface area (Å²) in [4.78, 5) is 38.1. The van der Waals surface area contributed by atoms with Crippen molar-refractivity contribution in [3.8, 4) is 0 Å². The summed E-state index contributed by atoms with van der Waals surface area (Å²) in [6.07, 6.45) is 65.6. The largest absolute Gasteiger partial charge is 0.462 e. The molecule has 0 aliphatic carbocycles. The number of hydrogen-bond acceptors (Lipinski definition) is 6. The molecule has 0 bridgehead atoms. The first-order chi connectivity index (χ1) is 32.5. The van der Waals surface area contributed by atoms with Crippen LogP contribution < -0.4 is 0 Å². The van der Waals surface area contributed by atoms with Crippen molar-refractivity contribution in [3.05, 3.63) is 36.5 Å². The molecule has 0 aliphatic heterocycles. The van der Waals surface area contributed by atoms with Gasteiger partial charge < -0.3 is 14.2 Å². The average Bonchev–Trinajstić information content (AvgIpc) is 3.31. The van der Waals surface area contributed by atoms with Gasteiger partial charge >= 0.3 is 17.9 Å². The molecular formula is C60H110O6. The Labute approximate surface area is 410 Å². The summed E-state index contributed by atoms with van der Waals surface area (Å²) in [6.45, 7) is 6.56. The minimum absolute atomic E-state index is 0.0744. The lowest BCUT2D eigenvalue weighted by molar-refractivity contribution is -0.167. The van der Waals surface area contributed by atoms with E-state index in [9.17, 15) is 14.4 Å². The fraction of sp³-hybridized carbons (Fsp3) is 0.850. The summed E-state index contributed by atoms with van der Waals surface area (Å²) >= 11 is 0. The SMILES string of the molecule is CC/C=C\C/C=C\C/C=C\CCCCCCCC(=O)OC(COC(=O)CCCCCCCCCCCCCCCC)COC(=O)CCCCCCCCCCCCCCCCCCCCC. The molecule has 0 aromatic heterocycles. The van der Waals surface area contributed by atoms with Gasteiger partial charge in [-0.25, -0.2) is 0 Å². The number of unbranched alkanes of at least 4 members (excludes halogenated alkanes) is 36. The Balaban J connectivity index is 4.32. The van der Waals surface area contributed by atoms with Crippen LogP contribution in [-0.4, -0.2) is 37.2 Å². The fourth-order valence-corrected chi connectivity index (χ4v) is 8.58. The lowest BCUT2D eigenvalue weighted by Gasteiger charge is -2.18. The van der Waals surface area contributed by atoms with E-state index in [2.05, 4.69) is 57.2 Å². The van der Waals surface area contributed by atoms with E-state index < -0.39 is 6.10 Å². The Bertz CT molecular complexity index is 1110. The number of rotatable bonds is 53. The van der Waals surface area contributed by atoms with Gasteiger partial charge in [-0.1, -0.05) is 276 Å². The van der Waals surface area contributed by atoms with Gasteiger partial charge in [0, 0.05) is 19.3 Å². The molecule has 1 atom stereocenters. The topological polar surface area (TPSA) is 78.9 Å². The molecule has 0 amide bonds. The van der Waals surface area contributed by atoms with E-state index in [0.717, 1.165) is 96.3 Å². The fourth-order valence-electron chi connectivity index (χ4n) is 8.58. The normalized spacial score (nSPS) is 12.2. The van der Waals surface area contributed by atoms with Crippen LogP contribution in [0.15, 0.2) is 36.5 Å². The Morgan fingerprint density at radius 2 is 0.591 bits per heavy atom. The number of hydrogen-bond donors (Lipinski definition) is 0. The van der Waals surface area contributed by atoms with Crippen LogP contribution >= 0.6 is 0 Å². The highest BCUT2D eigenvalue weighted by Crippen LogP contribution is 2.17. The molecular weight excluding hydrogens is 817 g/mol. The van der Waals surface area contributed by atoms with Crippen LogP contribution in [0.25, 0.3) is 0 Å². The molecule has 0 aromatic rings. The van der Waals surface area contributed by atoms with Gasteiger partial charge in [0.05, 0.1) is 0 Å². The molecule has 0 N–H and O–H groups in total. The van der Waals surface area contributed by atoms with Gasteiger partial charge in [0.2, 0.25) is 0 Å². The van der Waals surface area contributed by atoms with E-state index in [0.29, 0.717) is 19.3 Å². The predicted octanol–water partition coefficient (Wildman–Crippen LogP) is 19.3. The van der Waals surface area contributed by atoms with E-state index in [-0.39, 0.29) is 31.1 Å². The number of carbonyl (C=O) groups is 3. The van der Waals surface area contributed by atoms with Crippen LogP contribution in [0.3, 0.4) is 0 Å². The summed E-state index contributed by atoms with van der Waals surface area (Å²) in [5, 5.41) is 0. The van der Waals surface area contributed by atoms with Crippen molar-refractivity contribution < 1.29 is 28.6 Å². The summed E-state index contributed by atoms with van der Waals surface area (Å²) in [6, 6.07) is 0. The second-order valence-corrected chi connectivity index (χ2v) is 19.5. The Morgan fingerprint density at radius 1 is 0.318 bits per heavy atom. The first-order valence-electron chi connectivity index (χ1n) is 29.0. The summed E-state index contributed by atoms with van der Waals surface area (Å²) < 4.78 is 16.9. The monoisotopic (exact) mass is 927 g/mol. The zero-order valence-corrected chi connectivity index (χ0v) is 44.2. The van der Waals surface area contributed by atoms with E-state index in [1.807, 2.05) is 0 Å². The van der Waals surface area contributed by atoms with Crippen molar-refractivity contribution in [1.29, 1.82) is 0 Å². The molecule has 0 aliphatic rings. The van der Waals surface area contributed by atoms with Crippen molar-refractivity contribution in [2.75, 3.05) is 13.2 Å². The molecule has 0 saturated heterocycles. The van der Waals surface area contributed by atoms with Gasteiger partial charge in [0.1, 0.15) is 13.2 Å². The first-order valence-corrected chi connectivity index (χ1v) is 29.0. The van der Waals surface area contributed by atoms with E-state index in [1.165, 1.54) is 173 Å². The van der Waals surface area contributed by atoms with E-state index in [4.69, 9.17) is 14.2 Å². The maximum Gasteiger partial charge on any atom is 0.306 e. The molecule has 6 heteroatoms. The molecule has 6 nitrogen and oxygen atoms in total. The summed E-state index contributed by atoms with van der Waals surface area (Å²) in [5.41, 5.74) is 0. The Hall–Kier alpha value is -2.37. The quantitative estimate of drug-likeness (QED) is 0.0262. The number of allylic oxidation sites excluding steroid dienone is 6. The predicted molar refractivity (Wildman–Crippen MR) is 284 cm³/mol. The highest BCUT2D eigenvalue weighted by atomic mass is 16.6. The molecule has 0 spiro atoms. The third kappa shape index (κ3) is 52.6. The van der Waals surface area contributed by atoms with E-state index in [1.54, 1.807) is 0 Å². The zero-order valence-electron chi connectivity index (χ0n) is 44.2. The van der Waals surface area contributed by atoms with Gasteiger partial charge in [-0.3, -0.25) is 14.4 Å². The third-order valence-electron chi connectivity index (χ3n) is 12.9. The molecule has 386 valence electrons. The van der Waals surface area contributed by atoms with Crippen molar-refractivity contribution in [2.45, 2.75) is 316 Å². The van der Waals surface area contributed by atoms with Crippen LogP contribution in [0.2, 0.25) is 0 Å². The molecule has 1 unspecified atom stereocenters. The molecule has 0 heterocycles. The summed E-state index contributed by atoms with van der Waals surface area (Å²) in [7, 11) is 0. The number of esters is 3. The van der Waals surface area contributed by atoms with Gasteiger partial charge in [0.25, 0.3) is 0 Å². The lowest BCUT2D eigenvalue weighted by Crippen LogP contribution is -2.30. The Morgan fingerprint density at radius 3 is 0.924 bits per heavy atom. The second-order valence-electron chi connectivity index (χ2n) is 19.5. The van der Waals surface area contributed by atoms with Gasteiger partial charge in [-0.05, 0) is 51.4 Å². The van der Waals surface area contributed by atoms with E-state index >= 15 is 0 Å². The average molecular weight is 928 g/mol. The van der Waals surface area contributed by atoms with Crippen molar-refractivity contribution >= 4 is 17.9 Å². The van der Waals surface area contributed by atoms with Gasteiger partial charge in [-0.2, -0.15) is 0 Å². The molecule has 0 saturated carbocycles. The smallest absolute Gasteiger partial charge is 0.306 e. The van der Waals surface area contributed by atoms with Crippen LogP contribution in [0.1, 0.15) is 310 Å². The maximum atomic E-state index is 12.8. The van der Waals surface area contributed by atoms with Gasteiger partial charge in [-0.15, -0.1) is 0 Å². The Kier molecular flexibility index (Phi) is 53.2. The zero-order chi connectivity index (χ0) is 47.9. The van der Waals surface area contributed by atoms with Crippen LogP contribution in [0, 0.1) is 0 Å². The van der Waals surface area contributed by atoms with Crippen LogP contribution in [0.4, 0.5) is 0 Å². The number of ether oxygens (including phenoxy) is 3. The number of carbonyl (C=O) groups excluding carboxylic acids is 3. The van der Waals surface area contributed by atoms with Crippen LogP contribution in [-0.2, 0) is 28.6 Å². The highest BCUT2D eigenvalue weighted by Gasteiger charge is 2.19.